The quantitative estimate of drug-likeness (QED) is 0.735. The number of hydrogen-bond acceptors (Lipinski definition) is 1. The molecule has 0 heterocycles. The molecule has 1 aromatic rings. The number of ether oxygens (including phenoxy) is 1. The van der Waals surface area contributed by atoms with Crippen molar-refractivity contribution in [1.29, 1.82) is 0 Å². The third-order valence-corrected chi connectivity index (χ3v) is 1.69. The summed E-state index contributed by atoms with van der Waals surface area (Å²) in [7, 11) is 0. The maximum atomic E-state index is 11.6. The Labute approximate surface area is 72.3 Å². The molecule has 0 aliphatic heterocycles. The second kappa shape index (κ2) is 3.75. The second-order valence-corrected chi connectivity index (χ2v) is 2.96. The fourth-order valence-corrected chi connectivity index (χ4v) is 1.13. The topological polar surface area (TPSA) is 9.23 Å². The number of benzene rings is 1. The first kappa shape index (κ1) is 7.78. The van der Waals surface area contributed by atoms with E-state index in [1.54, 1.807) is 12.1 Å². The first-order valence-electron chi connectivity index (χ1n) is 2.77. The Hall–Kier alpha value is -0.320. The van der Waals surface area contributed by atoms with E-state index in [1.165, 1.54) is 0 Å². The Morgan fingerprint density at radius 1 is 1.50 bits per heavy atom. The Morgan fingerprint density at radius 3 is 2.90 bits per heavy atom. The van der Waals surface area contributed by atoms with E-state index >= 15 is 0 Å². The predicted octanol–water partition coefficient (Wildman–Crippen LogP) is 2.60. The standard InChI is InChI=1S/C7H6FIO/c8-5-10-7-3-1-2-6(9)4-7/h1-4H,5H2. The average Bonchev–Trinajstić information content (AvgIpc) is 1.88. The van der Waals surface area contributed by atoms with Gasteiger partial charge in [-0.3, -0.25) is 0 Å². The molecule has 0 bridgehead atoms. The van der Waals surface area contributed by atoms with Crippen molar-refractivity contribution in [3.05, 3.63) is 27.8 Å². The lowest BCUT2D eigenvalue weighted by Crippen LogP contribution is -1.89. The highest BCUT2D eigenvalue weighted by atomic mass is 127. The fraction of sp³-hybridized carbons (Fsp3) is 0.143. The normalized spacial score (nSPS) is 9.40. The Kier molecular flexibility index (Phi) is 2.92. The number of halogens is 2. The van der Waals surface area contributed by atoms with Crippen LogP contribution in [0.2, 0.25) is 0 Å². The molecule has 3 heteroatoms. The lowest BCUT2D eigenvalue weighted by Gasteiger charge is -1.99. The summed E-state index contributed by atoms with van der Waals surface area (Å²) in [6.07, 6.45) is 0. The molecular formula is C7H6FIO. The van der Waals surface area contributed by atoms with Gasteiger partial charge in [0.2, 0.25) is 6.86 Å². The van der Waals surface area contributed by atoms with Crippen LogP contribution in [0.25, 0.3) is 0 Å². The zero-order chi connectivity index (χ0) is 7.40. The zero-order valence-electron chi connectivity index (χ0n) is 5.18. The summed E-state index contributed by atoms with van der Waals surface area (Å²) in [5.74, 6) is 0.578. The van der Waals surface area contributed by atoms with Crippen LogP contribution in [0.1, 0.15) is 0 Å². The third kappa shape index (κ3) is 2.13. The fourth-order valence-electron chi connectivity index (χ4n) is 0.620. The summed E-state index contributed by atoms with van der Waals surface area (Å²) < 4.78 is 17.2. The Morgan fingerprint density at radius 2 is 2.30 bits per heavy atom. The molecule has 0 saturated heterocycles. The highest BCUT2D eigenvalue weighted by Gasteiger charge is 1.91. The smallest absolute Gasteiger partial charge is 0.228 e. The van der Waals surface area contributed by atoms with Gasteiger partial charge in [-0.1, -0.05) is 6.07 Å². The van der Waals surface area contributed by atoms with Crippen LogP contribution < -0.4 is 4.74 Å². The van der Waals surface area contributed by atoms with Crippen molar-refractivity contribution >= 4 is 22.6 Å². The summed E-state index contributed by atoms with van der Waals surface area (Å²) >= 11 is 2.14. The van der Waals surface area contributed by atoms with E-state index in [4.69, 9.17) is 0 Å². The Bertz CT molecular complexity index is 215. The molecule has 0 radical (unpaired) electrons. The number of hydrogen-bond donors (Lipinski definition) is 0. The lowest BCUT2D eigenvalue weighted by molar-refractivity contribution is 0.191. The van der Waals surface area contributed by atoms with E-state index in [2.05, 4.69) is 27.3 Å². The molecule has 0 aromatic heterocycles. The molecule has 54 valence electrons. The molecule has 0 saturated carbocycles. The first-order chi connectivity index (χ1) is 4.83. The maximum Gasteiger partial charge on any atom is 0.228 e. The second-order valence-electron chi connectivity index (χ2n) is 1.71. The van der Waals surface area contributed by atoms with E-state index in [-0.39, 0.29) is 0 Å². The van der Waals surface area contributed by atoms with Crippen LogP contribution in [0.5, 0.6) is 5.75 Å². The van der Waals surface area contributed by atoms with Crippen LogP contribution in [0.15, 0.2) is 24.3 Å². The van der Waals surface area contributed by atoms with Gasteiger partial charge in [0.1, 0.15) is 5.75 Å². The molecule has 1 rings (SSSR count). The van der Waals surface area contributed by atoms with E-state index in [1.807, 2.05) is 12.1 Å². The molecule has 1 aromatic carbocycles. The molecule has 0 unspecified atom stereocenters. The van der Waals surface area contributed by atoms with Gasteiger partial charge in [0, 0.05) is 3.57 Å². The van der Waals surface area contributed by atoms with Crippen LogP contribution in [-0.2, 0) is 0 Å². The highest BCUT2D eigenvalue weighted by Crippen LogP contribution is 2.14. The van der Waals surface area contributed by atoms with Crippen LogP contribution in [-0.4, -0.2) is 6.86 Å². The van der Waals surface area contributed by atoms with Crippen LogP contribution in [0, 0.1) is 3.57 Å². The van der Waals surface area contributed by atoms with Gasteiger partial charge in [0.25, 0.3) is 0 Å². The van der Waals surface area contributed by atoms with Crippen molar-refractivity contribution < 1.29 is 9.13 Å². The van der Waals surface area contributed by atoms with Gasteiger partial charge in [-0.25, -0.2) is 4.39 Å². The predicted molar refractivity (Wildman–Crippen MR) is 45.8 cm³/mol. The molecule has 10 heavy (non-hydrogen) atoms. The molecule has 0 atom stereocenters. The van der Waals surface area contributed by atoms with Crippen molar-refractivity contribution in [2.75, 3.05) is 6.86 Å². The summed E-state index contributed by atoms with van der Waals surface area (Å²) in [6, 6.07) is 7.25. The summed E-state index contributed by atoms with van der Waals surface area (Å²) in [5.41, 5.74) is 0. The van der Waals surface area contributed by atoms with E-state index in [0.29, 0.717) is 5.75 Å². The molecule has 0 N–H and O–H groups in total. The molecule has 1 nitrogen and oxygen atoms in total. The van der Waals surface area contributed by atoms with Crippen molar-refractivity contribution in [1.82, 2.24) is 0 Å². The summed E-state index contributed by atoms with van der Waals surface area (Å²) in [4.78, 5) is 0. The van der Waals surface area contributed by atoms with Crippen LogP contribution in [0.4, 0.5) is 4.39 Å². The van der Waals surface area contributed by atoms with Gasteiger partial charge in [-0.15, -0.1) is 0 Å². The van der Waals surface area contributed by atoms with Gasteiger partial charge >= 0.3 is 0 Å². The molecule has 0 spiro atoms. The molecule has 0 aliphatic rings. The Balaban J connectivity index is 2.75. The van der Waals surface area contributed by atoms with Gasteiger partial charge < -0.3 is 4.74 Å². The van der Waals surface area contributed by atoms with E-state index in [9.17, 15) is 4.39 Å². The van der Waals surface area contributed by atoms with Crippen molar-refractivity contribution in [3.63, 3.8) is 0 Å². The van der Waals surface area contributed by atoms with Crippen molar-refractivity contribution in [2.24, 2.45) is 0 Å². The van der Waals surface area contributed by atoms with E-state index < -0.39 is 6.86 Å². The third-order valence-electron chi connectivity index (χ3n) is 1.02. The van der Waals surface area contributed by atoms with Gasteiger partial charge in [-0.05, 0) is 40.8 Å². The number of alkyl halides is 1. The van der Waals surface area contributed by atoms with Crippen molar-refractivity contribution in [3.8, 4) is 5.75 Å². The minimum atomic E-state index is -0.764. The largest absolute Gasteiger partial charge is 0.463 e. The minimum Gasteiger partial charge on any atom is -0.463 e. The maximum absolute atomic E-state index is 11.6. The minimum absolute atomic E-state index is 0.578. The number of rotatable bonds is 2. The average molecular weight is 252 g/mol. The molecule has 0 amide bonds. The van der Waals surface area contributed by atoms with Crippen LogP contribution in [0.3, 0.4) is 0 Å². The van der Waals surface area contributed by atoms with Gasteiger partial charge in [0.15, 0.2) is 0 Å². The van der Waals surface area contributed by atoms with E-state index in [0.717, 1.165) is 3.57 Å². The summed E-state index contributed by atoms with van der Waals surface area (Å²) in [5, 5.41) is 0. The zero-order valence-corrected chi connectivity index (χ0v) is 7.34. The van der Waals surface area contributed by atoms with Gasteiger partial charge in [-0.2, -0.15) is 0 Å². The molecule has 0 aliphatic carbocycles. The lowest BCUT2D eigenvalue weighted by atomic mass is 10.3. The summed E-state index contributed by atoms with van der Waals surface area (Å²) in [6.45, 7) is -0.764. The molecule has 0 fully saturated rings. The monoisotopic (exact) mass is 252 g/mol. The van der Waals surface area contributed by atoms with Crippen LogP contribution >= 0.6 is 22.6 Å². The molecular weight excluding hydrogens is 246 g/mol. The van der Waals surface area contributed by atoms with Gasteiger partial charge in [0.05, 0.1) is 0 Å². The first-order valence-corrected chi connectivity index (χ1v) is 3.85. The SMILES string of the molecule is FCOc1cccc(I)c1. The highest BCUT2D eigenvalue weighted by molar-refractivity contribution is 14.1. The van der Waals surface area contributed by atoms with Crippen molar-refractivity contribution in [2.45, 2.75) is 0 Å².